The van der Waals surface area contributed by atoms with Crippen LogP contribution in [0.4, 0.5) is 0 Å². The summed E-state index contributed by atoms with van der Waals surface area (Å²) in [6.07, 6.45) is -0.490. The van der Waals surface area contributed by atoms with Gasteiger partial charge in [-0.15, -0.1) is 9.61 Å². The van der Waals surface area contributed by atoms with Crippen molar-refractivity contribution in [3.63, 3.8) is 0 Å². The number of halogens is 1. The second-order valence-corrected chi connectivity index (χ2v) is 5.72. The number of para-hydroxylation sites is 1. The molecule has 0 N–H and O–H groups in total. The maximum Gasteiger partial charge on any atom is 0.328 e. The molecule has 1 unspecified atom stereocenters. The number of ether oxygens (including phenoxy) is 1. The van der Waals surface area contributed by atoms with Gasteiger partial charge in [-0.05, 0) is 43.3 Å². The first kappa shape index (κ1) is 14.7. The van der Waals surface area contributed by atoms with Gasteiger partial charge in [-0.2, -0.15) is 4.98 Å². The van der Waals surface area contributed by atoms with Gasteiger partial charge in [0.2, 0.25) is 0 Å². The first-order chi connectivity index (χ1) is 11.6. The van der Waals surface area contributed by atoms with E-state index in [9.17, 15) is 4.79 Å². The third kappa shape index (κ3) is 2.51. The fourth-order valence-electron chi connectivity index (χ4n) is 2.40. The molecule has 0 saturated carbocycles. The number of hydrogen-bond acceptors (Lipinski definition) is 5. The fraction of sp³-hybridized carbons (Fsp3) is 0.118. The van der Waals surface area contributed by atoms with E-state index in [4.69, 9.17) is 20.8 Å². The van der Waals surface area contributed by atoms with Gasteiger partial charge in [0.25, 0.3) is 11.4 Å². The van der Waals surface area contributed by atoms with Crippen LogP contribution < -0.4 is 10.3 Å². The van der Waals surface area contributed by atoms with Gasteiger partial charge in [0.1, 0.15) is 5.75 Å². The predicted octanol–water partition coefficient (Wildman–Crippen LogP) is 3.63. The highest BCUT2D eigenvalue weighted by Gasteiger charge is 2.18. The van der Waals surface area contributed by atoms with Crippen LogP contribution in [0.25, 0.3) is 16.7 Å². The summed E-state index contributed by atoms with van der Waals surface area (Å²) in [4.78, 5) is 16.8. The molecule has 0 aliphatic heterocycles. The molecule has 0 spiro atoms. The molecule has 0 amide bonds. The molecule has 4 rings (SSSR count). The average molecular weight is 342 g/mol. The van der Waals surface area contributed by atoms with Crippen LogP contribution in [0.15, 0.2) is 57.7 Å². The Labute approximate surface area is 141 Å². The Morgan fingerprint density at radius 3 is 2.71 bits per heavy atom. The molecule has 0 bridgehead atoms. The van der Waals surface area contributed by atoms with Gasteiger partial charge in [0, 0.05) is 5.02 Å². The van der Waals surface area contributed by atoms with Crippen LogP contribution in [-0.2, 0) is 0 Å². The van der Waals surface area contributed by atoms with Gasteiger partial charge < -0.3 is 9.15 Å². The van der Waals surface area contributed by atoms with Crippen LogP contribution in [0.5, 0.6) is 5.75 Å². The maximum atomic E-state index is 12.5. The highest BCUT2D eigenvalue weighted by Crippen LogP contribution is 2.23. The van der Waals surface area contributed by atoms with Crippen molar-refractivity contribution in [2.24, 2.45) is 0 Å². The van der Waals surface area contributed by atoms with Gasteiger partial charge in [-0.25, -0.2) is 0 Å². The summed E-state index contributed by atoms with van der Waals surface area (Å²) >= 11 is 5.85. The second kappa shape index (κ2) is 5.65. The number of benzene rings is 2. The zero-order valence-electron chi connectivity index (χ0n) is 12.6. The molecule has 24 heavy (non-hydrogen) atoms. The normalized spacial score (nSPS) is 12.6. The van der Waals surface area contributed by atoms with Gasteiger partial charge in [0.15, 0.2) is 6.10 Å². The van der Waals surface area contributed by atoms with Crippen molar-refractivity contribution in [1.29, 1.82) is 0 Å². The Morgan fingerprint density at radius 2 is 1.92 bits per heavy atom. The van der Waals surface area contributed by atoms with E-state index >= 15 is 0 Å². The molecular weight excluding hydrogens is 330 g/mol. The number of fused-ring (bicyclic) bond motifs is 2. The van der Waals surface area contributed by atoms with E-state index in [1.165, 1.54) is 0 Å². The minimum Gasteiger partial charge on any atom is -0.481 e. The van der Waals surface area contributed by atoms with E-state index < -0.39 is 6.10 Å². The van der Waals surface area contributed by atoms with Gasteiger partial charge in [0.05, 0.1) is 10.9 Å². The van der Waals surface area contributed by atoms with Crippen LogP contribution in [0, 0.1) is 0 Å². The molecule has 1 atom stereocenters. The molecule has 0 aliphatic carbocycles. The predicted molar refractivity (Wildman–Crippen MR) is 89.5 cm³/mol. The zero-order chi connectivity index (χ0) is 16.7. The molecule has 2 aromatic carbocycles. The molecule has 0 saturated heterocycles. The summed E-state index contributed by atoms with van der Waals surface area (Å²) < 4.78 is 12.5. The molecule has 0 aliphatic rings. The lowest BCUT2D eigenvalue weighted by Gasteiger charge is -2.10. The first-order valence-electron chi connectivity index (χ1n) is 7.32. The van der Waals surface area contributed by atoms with E-state index in [1.54, 1.807) is 49.4 Å². The van der Waals surface area contributed by atoms with Crippen LogP contribution >= 0.6 is 11.6 Å². The Kier molecular flexibility index (Phi) is 3.46. The van der Waals surface area contributed by atoms with Gasteiger partial charge in [-0.3, -0.25) is 4.79 Å². The fourth-order valence-corrected chi connectivity index (χ4v) is 2.53. The molecule has 0 radical (unpaired) electrons. The molecule has 120 valence electrons. The Balaban J connectivity index is 1.74. The first-order valence-corrected chi connectivity index (χ1v) is 7.70. The Morgan fingerprint density at radius 1 is 1.17 bits per heavy atom. The molecule has 6 nitrogen and oxygen atoms in total. The van der Waals surface area contributed by atoms with Gasteiger partial charge in [-0.1, -0.05) is 23.7 Å². The summed E-state index contributed by atoms with van der Waals surface area (Å²) in [5, 5.41) is 5.31. The second-order valence-electron chi connectivity index (χ2n) is 5.28. The van der Waals surface area contributed by atoms with Crippen molar-refractivity contribution in [3.8, 4) is 5.75 Å². The molecule has 4 aromatic rings. The van der Waals surface area contributed by atoms with Crippen molar-refractivity contribution in [1.82, 2.24) is 14.6 Å². The topological polar surface area (TPSA) is 69.6 Å². The summed E-state index contributed by atoms with van der Waals surface area (Å²) in [5.41, 5.74) is 0.292. The summed E-state index contributed by atoms with van der Waals surface area (Å²) in [7, 11) is 0. The van der Waals surface area contributed by atoms with Gasteiger partial charge >= 0.3 is 5.84 Å². The lowest BCUT2D eigenvalue weighted by Crippen LogP contribution is -2.15. The van der Waals surface area contributed by atoms with Crippen molar-refractivity contribution >= 4 is 28.3 Å². The monoisotopic (exact) mass is 341 g/mol. The minimum absolute atomic E-state index is 0.139. The highest BCUT2D eigenvalue weighted by molar-refractivity contribution is 6.30. The zero-order valence-corrected chi connectivity index (χ0v) is 13.4. The van der Waals surface area contributed by atoms with Crippen molar-refractivity contribution < 1.29 is 9.15 Å². The summed E-state index contributed by atoms with van der Waals surface area (Å²) in [5.74, 6) is 1.03. The maximum absolute atomic E-state index is 12.5. The lowest BCUT2D eigenvalue weighted by atomic mass is 10.2. The Bertz CT molecular complexity index is 1090. The van der Waals surface area contributed by atoms with Crippen molar-refractivity contribution in [2.75, 3.05) is 0 Å². The van der Waals surface area contributed by atoms with Crippen molar-refractivity contribution in [3.05, 3.63) is 69.8 Å². The summed E-state index contributed by atoms with van der Waals surface area (Å²) in [6.45, 7) is 1.78. The van der Waals surface area contributed by atoms with Crippen LogP contribution in [-0.4, -0.2) is 14.6 Å². The van der Waals surface area contributed by atoms with E-state index in [2.05, 4.69) is 10.1 Å². The SMILES string of the molecule is CC(Oc1ccc(Cl)cc1)c1nn2c(=O)c3ccccc3nc2o1. The van der Waals surface area contributed by atoms with E-state index in [1.807, 2.05) is 6.07 Å². The summed E-state index contributed by atoms with van der Waals surface area (Å²) in [6, 6.07) is 14.0. The lowest BCUT2D eigenvalue weighted by molar-refractivity contribution is 0.191. The highest BCUT2D eigenvalue weighted by atomic mass is 35.5. The molecule has 7 heteroatoms. The molecular formula is C17H12ClN3O3. The smallest absolute Gasteiger partial charge is 0.328 e. The number of aromatic nitrogens is 3. The third-order valence-electron chi connectivity index (χ3n) is 3.59. The molecule has 0 fully saturated rings. The molecule has 2 aromatic heterocycles. The third-order valence-corrected chi connectivity index (χ3v) is 3.84. The number of rotatable bonds is 3. The molecule has 2 heterocycles. The average Bonchev–Trinajstić information content (AvgIpc) is 3.02. The minimum atomic E-state index is -0.490. The number of nitrogens with zero attached hydrogens (tertiary/aromatic N) is 3. The van der Waals surface area contributed by atoms with E-state index in [0.29, 0.717) is 21.7 Å². The standard InChI is InChI=1S/C17H12ClN3O3/c1-10(23-12-8-6-11(18)7-9-12)15-20-21-16(22)13-4-2-3-5-14(13)19-17(21)24-15/h2-10H,1H3. The van der Waals surface area contributed by atoms with E-state index in [0.717, 1.165) is 4.52 Å². The number of hydrogen-bond donors (Lipinski definition) is 0. The van der Waals surface area contributed by atoms with Crippen LogP contribution in [0.1, 0.15) is 18.9 Å². The Hall–Kier alpha value is -2.86. The van der Waals surface area contributed by atoms with Crippen molar-refractivity contribution in [2.45, 2.75) is 13.0 Å². The largest absolute Gasteiger partial charge is 0.481 e. The van der Waals surface area contributed by atoms with Crippen LogP contribution in [0.2, 0.25) is 5.02 Å². The van der Waals surface area contributed by atoms with E-state index in [-0.39, 0.29) is 17.3 Å². The quantitative estimate of drug-likeness (QED) is 0.569. The van der Waals surface area contributed by atoms with Crippen LogP contribution in [0.3, 0.4) is 0 Å².